The predicted molar refractivity (Wildman–Crippen MR) is 124 cm³/mol. The van der Waals surface area contributed by atoms with Gasteiger partial charge in [0.2, 0.25) is 0 Å². The van der Waals surface area contributed by atoms with Crippen LogP contribution in [0, 0.1) is 0 Å². The molecule has 0 spiro atoms. The van der Waals surface area contributed by atoms with E-state index in [2.05, 4.69) is 22.5 Å². The van der Waals surface area contributed by atoms with Gasteiger partial charge in [-0.05, 0) is 88.1 Å². The number of nitrogens with two attached hydrogens (primary N) is 1. The largest absolute Gasteiger partial charge is 0.385 e. The average Bonchev–Trinajstić information content (AvgIpc) is 2.83. The molecule has 1 aromatic rings. The minimum atomic E-state index is -0.233. The normalized spacial score (nSPS) is 23.0. The Labute approximate surface area is 187 Å². The third-order valence-electron chi connectivity index (χ3n) is 7.06. The number of nitrogens with zero attached hydrogens (tertiary/aromatic N) is 1. The molecule has 0 aromatic heterocycles. The molecule has 1 amide bonds. The van der Waals surface area contributed by atoms with E-state index in [0.29, 0.717) is 17.6 Å². The van der Waals surface area contributed by atoms with Gasteiger partial charge in [-0.2, -0.15) is 0 Å². The van der Waals surface area contributed by atoms with Crippen molar-refractivity contribution < 1.29 is 14.3 Å². The molecule has 0 radical (unpaired) electrons. The van der Waals surface area contributed by atoms with Crippen molar-refractivity contribution in [1.82, 2.24) is 10.3 Å². The van der Waals surface area contributed by atoms with Gasteiger partial charge in [0.1, 0.15) is 0 Å². The van der Waals surface area contributed by atoms with Crippen molar-refractivity contribution in [2.75, 3.05) is 33.4 Å². The molecule has 3 N–H and O–H groups in total. The predicted octanol–water partition coefficient (Wildman–Crippen LogP) is 4.00. The van der Waals surface area contributed by atoms with E-state index in [1.165, 1.54) is 76.4 Å². The molecule has 3 rings (SSSR count). The molecule has 1 saturated carbocycles. The second-order valence-electron chi connectivity index (χ2n) is 9.11. The minimum absolute atomic E-state index is 0.233. The molecule has 1 aromatic carbocycles. The van der Waals surface area contributed by atoms with Crippen molar-refractivity contribution in [1.29, 1.82) is 0 Å². The van der Waals surface area contributed by atoms with Crippen molar-refractivity contribution >= 4 is 5.91 Å². The Hall–Kier alpha value is -1.47. The molecule has 1 aliphatic carbocycles. The minimum Gasteiger partial charge on any atom is -0.385 e. The number of hydrogen-bond acceptors (Lipinski definition) is 5. The number of hydrogen-bond donors (Lipinski definition) is 2. The monoisotopic (exact) mass is 431 g/mol. The summed E-state index contributed by atoms with van der Waals surface area (Å²) in [6.07, 6.45) is 12.6. The third-order valence-corrected chi connectivity index (χ3v) is 7.06. The molecule has 2 aliphatic rings. The third kappa shape index (κ3) is 7.56. The molecule has 2 fully saturated rings. The summed E-state index contributed by atoms with van der Waals surface area (Å²) in [7, 11) is 1.77. The number of likely N-dealkylation sites (tertiary alicyclic amines) is 1. The van der Waals surface area contributed by atoms with Crippen LogP contribution in [0.2, 0.25) is 0 Å². The van der Waals surface area contributed by atoms with Crippen molar-refractivity contribution in [3.05, 3.63) is 35.4 Å². The van der Waals surface area contributed by atoms with Crippen LogP contribution in [-0.4, -0.2) is 56.4 Å². The number of amides is 1. The highest BCUT2D eigenvalue weighted by Crippen LogP contribution is 2.32. The SMILES string of the molecule is COCCCCCCOC1CCC(N2CCC(c3ccc(C(=O)NN)cc3)CC2)CC1. The number of methoxy groups -OCH3 is 1. The molecular weight excluding hydrogens is 390 g/mol. The zero-order valence-corrected chi connectivity index (χ0v) is 19.2. The van der Waals surface area contributed by atoms with E-state index >= 15 is 0 Å². The number of carbonyl (C=O) groups excluding carboxylic acids is 1. The summed E-state index contributed by atoms with van der Waals surface area (Å²) in [5.74, 6) is 5.57. The molecular formula is C25H41N3O3. The first kappa shape index (κ1) is 24.2. The van der Waals surface area contributed by atoms with Gasteiger partial charge in [0.25, 0.3) is 5.91 Å². The van der Waals surface area contributed by atoms with Crippen molar-refractivity contribution in [3.63, 3.8) is 0 Å². The highest BCUT2D eigenvalue weighted by atomic mass is 16.5. The summed E-state index contributed by atoms with van der Waals surface area (Å²) >= 11 is 0. The summed E-state index contributed by atoms with van der Waals surface area (Å²) in [5, 5.41) is 0. The average molecular weight is 432 g/mol. The molecule has 0 atom stereocenters. The molecule has 0 unspecified atom stereocenters. The van der Waals surface area contributed by atoms with Crippen LogP contribution in [0.4, 0.5) is 0 Å². The fourth-order valence-electron chi connectivity index (χ4n) is 5.12. The Morgan fingerprint density at radius 2 is 1.61 bits per heavy atom. The number of unbranched alkanes of at least 4 members (excludes halogenated alkanes) is 3. The van der Waals surface area contributed by atoms with Gasteiger partial charge in [-0.25, -0.2) is 5.84 Å². The summed E-state index contributed by atoms with van der Waals surface area (Å²) < 4.78 is 11.2. The molecule has 1 heterocycles. The van der Waals surface area contributed by atoms with Gasteiger partial charge < -0.3 is 14.4 Å². The number of benzene rings is 1. The van der Waals surface area contributed by atoms with Crippen LogP contribution in [0.25, 0.3) is 0 Å². The van der Waals surface area contributed by atoms with E-state index in [1.54, 1.807) is 7.11 Å². The smallest absolute Gasteiger partial charge is 0.265 e. The lowest BCUT2D eigenvalue weighted by Gasteiger charge is -2.41. The molecule has 174 valence electrons. The van der Waals surface area contributed by atoms with Crippen LogP contribution in [0.15, 0.2) is 24.3 Å². The van der Waals surface area contributed by atoms with Crippen LogP contribution in [0.3, 0.4) is 0 Å². The number of nitrogens with one attached hydrogen (secondary N) is 1. The Morgan fingerprint density at radius 1 is 0.968 bits per heavy atom. The van der Waals surface area contributed by atoms with Gasteiger partial charge in [0.05, 0.1) is 6.10 Å². The van der Waals surface area contributed by atoms with E-state index in [0.717, 1.165) is 25.7 Å². The second-order valence-corrected chi connectivity index (χ2v) is 9.11. The molecule has 1 aliphatic heterocycles. The molecule has 1 saturated heterocycles. The van der Waals surface area contributed by atoms with Crippen molar-refractivity contribution in [3.8, 4) is 0 Å². The number of hydrazine groups is 1. The van der Waals surface area contributed by atoms with Crippen LogP contribution in [-0.2, 0) is 9.47 Å². The van der Waals surface area contributed by atoms with Gasteiger partial charge in [-0.3, -0.25) is 10.2 Å². The second kappa shape index (κ2) is 13.2. The fraction of sp³-hybridized carbons (Fsp3) is 0.720. The Morgan fingerprint density at radius 3 is 2.23 bits per heavy atom. The maximum absolute atomic E-state index is 11.6. The van der Waals surface area contributed by atoms with Crippen LogP contribution >= 0.6 is 0 Å². The first-order valence-electron chi connectivity index (χ1n) is 12.2. The Kier molecular flexibility index (Phi) is 10.3. The van der Waals surface area contributed by atoms with Gasteiger partial charge >= 0.3 is 0 Å². The van der Waals surface area contributed by atoms with Crippen molar-refractivity contribution in [2.45, 2.75) is 82.3 Å². The quantitative estimate of drug-likeness (QED) is 0.240. The maximum Gasteiger partial charge on any atom is 0.265 e. The van der Waals surface area contributed by atoms with E-state index in [9.17, 15) is 4.79 Å². The molecule has 6 heteroatoms. The lowest BCUT2D eigenvalue weighted by atomic mass is 9.86. The lowest BCUT2D eigenvalue weighted by Crippen LogP contribution is -2.43. The number of ether oxygens (including phenoxy) is 2. The standard InChI is InChI=1S/C25H41N3O3/c1-30-18-4-2-3-5-19-31-24-12-10-23(11-13-24)28-16-14-21(15-17-28)20-6-8-22(9-7-20)25(29)27-26/h6-9,21,23-24H,2-5,10-19,26H2,1H3,(H,27,29). The maximum atomic E-state index is 11.6. The number of carbonyl (C=O) groups is 1. The van der Waals surface area contributed by atoms with E-state index in [-0.39, 0.29) is 5.91 Å². The van der Waals surface area contributed by atoms with Gasteiger partial charge in [-0.1, -0.05) is 25.0 Å². The van der Waals surface area contributed by atoms with E-state index < -0.39 is 0 Å². The summed E-state index contributed by atoms with van der Waals surface area (Å²) in [6.45, 7) is 4.14. The van der Waals surface area contributed by atoms with Gasteiger partial charge in [0.15, 0.2) is 0 Å². The zero-order valence-electron chi connectivity index (χ0n) is 19.2. The van der Waals surface area contributed by atoms with E-state index in [4.69, 9.17) is 15.3 Å². The zero-order chi connectivity index (χ0) is 21.9. The highest BCUT2D eigenvalue weighted by molar-refractivity contribution is 5.93. The molecule has 31 heavy (non-hydrogen) atoms. The lowest BCUT2D eigenvalue weighted by molar-refractivity contribution is 0.00195. The summed E-state index contributed by atoms with van der Waals surface area (Å²) in [6, 6.07) is 8.66. The molecule has 6 nitrogen and oxygen atoms in total. The fourth-order valence-corrected chi connectivity index (χ4v) is 5.12. The number of piperidine rings is 1. The topological polar surface area (TPSA) is 76.8 Å². The Bertz CT molecular complexity index is 636. The molecule has 0 bridgehead atoms. The first-order chi connectivity index (χ1) is 15.2. The Balaban J connectivity index is 1.31. The van der Waals surface area contributed by atoms with Gasteiger partial charge in [-0.15, -0.1) is 0 Å². The van der Waals surface area contributed by atoms with Crippen LogP contribution in [0.5, 0.6) is 0 Å². The first-order valence-corrected chi connectivity index (χ1v) is 12.2. The number of rotatable bonds is 11. The number of nitrogen functional groups attached to an aromatic ring is 1. The van der Waals surface area contributed by atoms with E-state index in [1.807, 2.05) is 12.1 Å². The van der Waals surface area contributed by atoms with Gasteiger partial charge in [0, 0.05) is 31.9 Å². The summed E-state index contributed by atoms with van der Waals surface area (Å²) in [5.41, 5.74) is 4.15. The highest BCUT2D eigenvalue weighted by Gasteiger charge is 2.29. The summed E-state index contributed by atoms with van der Waals surface area (Å²) in [4.78, 5) is 14.3. The van der Waals surface area contributed by atoms with Crippen LogP contribution < -0.4 is 11.3 Å². The van der Waals surface area contributed by atoms with Crippen molar-refractivity contribution in [2.24, 2.45) is 5.84 Å². The van der Waals surface area contributed by atoms with Crippen LogP contribution in [0.1, 0.15) is 86.0 Å².